The molecule has 0 bridgehead atoms. The molecule has 0 spiro atoms. The van der Waals surface area contributed by atoms with Crippen LogP contribution in [0, 0.1) is 0 Å². The first-order chi connectivity index (χ1) is 9.20. The van der Waals surface area contributed by atoms with Gasteiger partial charge in [0.05, 0.1) is 11.8 Å². The molecule has 112 valence electrons. The van der Waals surface area contributed by atoms with Gasteiger partial charge in [0, 0.05) is 38.6 Å². The highest BCUT2D eigenvalue weighted by Crippen LogP contribution is 2.20. The van der Waals surface area contributed by atoms with E-state index >= 15 is 0 Å². The molecule has 8 heteroatoms. The largest absolute Gasteiger partial charge is 0.399 e. The quantitative estimate of drug-likeness (QED) is 0.504. The first-order valence-electron chi connectivity index (χ1n) is 6.00. The molecule has 0 fully saturated rings. The standard InChI is InChI=1S/C12H20N4O3S/c1-16(2)12(17)10-5-4-9(13)8-11(10)14-6-7-15-20(3,18)19/h4-5,8,14-15H,6-7,13H2,1-3H3. The third kappa shape index (κ3) is 5.06. The van der Waals surface area contributed by atoms with E-state index in [0.29, 0.717) is 23.5 Å². The van der Waals surface area contributed by atoms with Gasteiger partial charge in [0.1, 0.15) is 0 Å². The van der Waals surface area contributed by atoms with Crippen LogP contribution >= 0.6 is 0 Å². The molecule has 1 rings (SSSR count). The van der Waals surface area contributed by atoms with Gasteiger partial charge >= 0.3 is 0 Å². The van der Waals surface area contributed by atoms with Gasteiger partial charge in [-0.2, -0.15) is 0 Å². The normalized spacial score (nSPS) is 11.2. The molecular weight excluding hydrogens is 280 g/mol. The van der Waals surface area contributed by atoms with E-state index in [0.717, 1.165) is 6.26 Å². The predicted octanol–water partition coefficient (Wildman–Crippen LogP) is -0.0683. The summed E-state index contributed by atoms with van der Waals surface area (Å²) in [4.78, 5) is 13.5. The fourth-order valence-electron chi connectivity index (χ4n) is 1.57. The third-order valence-corrected chi connectivity index (χ3v) is 3.21. The van der Waals surface area contributed by atoms with Crippen molar-refractivity contribution >= 4 is 27.3 Å². The van der Waals surface area contributed by atoms with Gasteiger partial charge in [-0.25, -0.2) is 13.1 Å². The number of sulfonamides is 1. The Morgan fingerprint density at radius 3 is 2.50 bits per heavy atom. The van der Waals surface area contributed by atoms with E-state index in [-0.39, 0.29) is 12.5 Å². The third-order valence-electron chi connectivity index (χ3n) is 2.48. The van der Waals surface area contributed by atoms with Crippen LogP contribution in [0.4, 0.5) is 11.4 Å². The highest BCUT2D eigenvalue weighted by molar-refractivity contribution is 7.88. The Hall–Kier alpha value is -1.80. The second-order valence-electron chi connectivity index (χ2n) is 4.60. The van der Waals surface area contributed by atoms with Gasteiger partial charge in [0.2, 0.25) is 10.0 Å². The number of benzene rings is 1. The van der Waals surface area contributed by atoms with Crippen LogP contribution < -0.4 is 15.8 Å². The lowest BCUT2D eigenvalue weighted by Gasteiger charge is -2.16. The number of hydrogen-bond donors (Lipinski definition) is 3. The molecule has 0 saturated carbocycles. The van der Waals surface area contributed by atoms with E-state index in [1.54, 1.807) is 32.3 Å². The van der Waals surface area contributed by atoms with E-state index in [1.807, 2.05) is 0 Å². The van der Waals surface area contributed by atoms with Crippen molar-refractivity contribution in [3.8, 4) is 0 Å². The lowest BCUT2D eigenvalue weighted by atomic mass is 10.1. The van der Waals surface area contributed by atoms with Gasteiger partial charge in [-0.05, 0) is 18.2 Å². The molecule has 1 aromatic carbocycles. The van der Waals surface area contributed by atoms with Crippen LogP contribution in [0.2, 0.25) is 0 Å². The highest BCUT2D eigenvalue weighted by Gasteiger charge is 2.13. The summed E-state index contributed by atoms with van der Waals surface area (Å²) in [5, 5.41) is 3.01. The summed E-state index contributed by atoms with van der Waals surface area (Å²) in [6, 6.07) is 4.94. The number of hydrogen-bond acceptors (Lipinski definition) is 5. The molecule has 0 unspecified atom stereocenters. The first-order valence-corrected chi connectivity index (χ1v) is 7.89. The van der Waals surface area contributed by atoms with Gasteiger partial charge < -0.3 is 16.0 Å². The summed E-state index contributed by atoms with van der Waals surface area (Å²) in [6.45, 7) is 0.577. The maximum atomic E-state index is 12.0. The second-order valence-corrected chi connectivity index (χ2v) is 6.43. The molecule has 1 amide bonds. The Labute approximate surface area is 119 Å². The van der Waals surface area contributed by atoms with Crippen LogP contribution in [0.5, 0.6) is 0 Å². The Morgan fingerprint density at radius 2 is 1.95 bits per heavy atom. The molecule has 0 aliphatic rings. The van der Waals surface area contributed by atoms with Crippen molar-refractivity contribution in [3.05, 3.63) is 23.8 Å². The fraction of sp³-hybridized carbons (Fsp3) is 0.417. The van der Waals surface area contributed by atoms with Crippen molar-refractivity contribution in [1.29, 1.82) is 0 Å². The molecule has 20 heavy (non-hydrogen) atoms. The summed E-state index contributed by atoms with van der Waals surface area (Å²) in [7, 11) is 0.104. The van der Waals surface area contributed by atoms with Gasteiger partial charge in [0.25, 0.3) is 5.91 Å². The maximum Gasteiger partial charge on any atom is 0.255 e. The van der Waals surface area contributed by atoms with Crippen LogP contribution in [0.1, 0.15) is 10.4 Å². The molecule has 0 saturated heterocycles. The lowest BCUT2D eigenvalue weighted by molar-refractivity contribution is 0.0828. The van der Waals surface area contributed by atoms with Crippen molar-refractivity contribution in [2.75, 3.05) is 44.5 Å². The van der Waals surface area contributed by atoms with Crippen molar-refractivity contribution in [2.24, 2.45) is 0 Å². The van der Waals surface area contributed by atoms with E-state index in [9.17, 15) is 13.2 Å². The smallest absolute Gasteiger partial charge is 0.255 e. The summed E-state index contributed by atoms with van der Waals surface area (Å²) in [6.07, 6.45) is 1.09. The number of nitrogen functional groups attached to an aromatic ring is 1. The summed E-state index contributed by atoms with van der Waals surface area (Å²) < 4.78 is 24.2. The van der Waals surface area contributed by atoms with Crippen molar-refractivity contribution in [2.45, 2.75) is 0 Å². The van der Waals surface area contributed by atoms with Crippen LogP contribution in [-0.2, 0) is 10.0 Å². The molecule has 0 aromatic heterocycles. The number of nitrogens with one attached hydrogen (secondary N) is 2. The zero-order valence-corrected chi connectivity index (χ0v) is 12.6. The van der Waals surface area contributed by atoms with Gasteiger partial charge in [0.15, 0.2) is 0 Å². The molecule has 0 atom stereocenters. The van der Waals surface area contributed by atoms with Crippen molar-refractivity contribution in [3.63, 3.8) is 0 Å². The summed E-state index contributed by atoms with van der Waals surface area (Å²) in [5.41, 5.74) is 7.30. The van der Waals surface area contributed by atoms with E-state index in [4.69, 9.17) is 5.73 Å². The van der Waals surface area contributed by atoms with Crippen molar-refractivity contribution in [1.82, 2.24) is 9.62 Å². The second kappa shape index (κ2) is 6.58. The zero-order chi connectivity index (χ0) is 15.3. The Kier molecular flexibility index (Phi) is 5.34. The predicted molar refractivity (Wildman–Crippen MR) is 80.2 cm³/mol. The van der Waals surface area contributed by atoms with E-state index in [1.165, 1.54) is 4.90 Å². The minimum Gasteiger partial charge on any atom is -0.399 e. The first kappa shape index (κ1) is 16.3. The number of anilines is 2. The minimum absolute atomic E-state index is 0.149. The Balaban J connectivity index is 2.78. The summed E-state index contributed by atoms with van der Waals surface area (Å²) >= 11 is 0. The number of amides is 1. The average Bonchev–Trinajstić information content (AvgIpc) is 2.33. The number of carbonyl (C=O) groups excluding carboxylic acids is 1. The zero-order valence-electron chi connectivity index (χ0n) is 11.8. The molecule has 0 heterocycles. The van der Waals surface area contributed by atoms with Gasteiger partial charge in [-0.1, -0.05) is 0 Å². The van der Waals surface area contributed by atoms with Crippen molar-refractivity contribution < 1.29 is 13.2 Å². The highest BCUT2D eigenvalue weighted by atomic mass is 32.2. The number of carbonyl (C=O) groups is 1. The lowest BCUT2D eigenvalue weighted by Crippen LogP contribution is -2.28. The van der Waals surface area contributed by atoms with Crippen LogP contribution in [0.25, 0.3) is 0 Å². The maximum absolute atomic E-state index is 12.0. The van der Waals surface area contributed by atoms with Crippen LogP contribution in [0.15, 0.2) is 18.2 Å². The number of nitrogens with two attached hydrogens (primary N) is 1. The van der Waals surface area contributed by atoms with Gasteiger partial charge in [-0.3, -0.25) is 4.79 Å². The van der Waals surface area contributed by atoms with Gasteiger partial charge in [-0.15, -0.1) is 0 Å². The number of nitrogens with zero attached hydrogens (tertiary/aromatic N) is 1. The molecule has 4 N–H and O–H groups in total. The molecule has 0 radical (unpaired) electrons. The van der Waals surface area contributed by atoms with E-state index in [2.05, 4.69) is 10.0 Å². The van der Waals surface area contributed by atoms with Crippen LogP contribution in [-0.4, -0.2) is 52.7 Å². The molecule has 0 aliphatic heterocycles. The molecule has 7 nitrogen and oxygen atoms in total. The monoisotopic (exact) mass is 300 g/mol. The number of rotatable bonds is 6. The molecular formula is C12H20N4O3S. The molecule has 0 aliphatic carbocycles. The Morgan fingerprint density at radius 1 is 1.30 bits per heavy atom. The average molecular weight is 300 g/mol. The minimum atomic E-state index is -3.22. The fourth-order valence-corrected chi connectivity index (χ4v) is 2.04. The summed E-state index contributed by atoms with van der Waals surface area (Å²) in [5.74, 6) is -0.149. The van der Waals surface area contributed by atoms with E-state index < -0.39 is 10.0 Å². The molecule has 1 aromatic rings. The Bertz CT molecular complexity index is 584. The SMILES string of the molecule is CN(C)C(=O)c1ccc(N)cc1NCCNS(C)(=O)=O. The topological polar surface area (TPSA) is 105 Å². The van der Waals surface area contributed by atoms with Crippen LogP contribution in [0.3, 0.4) is 0 Å².